The highest BCUT2D eigenvalue weighted by molar-refractivity contribution is 5.02. The van der Waals surface area contributed by atoms with Gasteiger partial charge in [0.2, 0.25) is 0 Å². The number of rotatable bonds is 2. The van der Waals surface area contributed by atoms with Crippen molar-refractivity contribution in [2.45, 2.75) is 52.0 Å². The number of fused-ring (bicyclic) bond motifs is 1. The van der Waals surface area contributed by atoms with E-state index >= 15 is 0 Å². The Balaban J connectivity index is 2.31. The summed E-state index contributed by atoms with van der Waals surface area (Å²) in [4.78, 5) is 0. The van der Waals surface area contributed by atoms with Gasteiger partial charge in [0.1, 0.15) is 11.6 Å². The Bertz CT molecular complexity index is 290. The summed E-state index contributed by atoms with van der Waals surface area (Å²) in [5.74, 6) is 2.94. The molecule has 1 aromatic heterocycles. The minimum Gasteiger partial charge on any atom is -0.315 e. The van der Waals surface area contributed by atoms with Crippen LogP contribution in [-0.4, -0.2) is 14.8 Å². The molecule has 0 radical (unpaired) electrons. The molecule has 1 aliphatic rings. The van der Waals surface area contributed by atoms with Crippen molar-refractivity contribution < 1.29 is 0 Å². The number of nitrogens with zero attached hydrogens (tertiary/aromatic N) is 3. The van der Waals surface area contributed by atoms with Gasteiger partial charge in [0.15, 0.2) is 0 Å². The number of hydrogen-bond donors (Lipinski definition) is 0. The van der Waals surface area contributed by atoms with E-state index in [1.165, 1.54) is 24.5 Å². The molecule has 0 aromatic carbocycles. The molecule has 1 aromatic rings. The summed E-state index contributed by atoms with van der Waals surface area (Å²) in [6.45, 7) is 5.56. The van der Waals surface area contributed by atoms with Crippen LogP contribution in [0.5, 0.6) is 0 Å². The Hall–Kier alpha value is -0.860. The van der Waals surface area contributed by atoms with Crippen molar-refractivity contribution in [3.8, 4) is 0 Å². The van der Waals surface area contributed by atoms with Crippen LogP contribution >= 0.6 is 0 Å². The van der Waals surface area contributed by atoms with Crippen LogP contribution in [0.1, 0.15) is 50.7 Å². The zero-order valence-corrected chi connectivity index (χ0v) is 8.45. The highest BCUT2D eigenvalue weighted by Crippen LogP contribution is 2.21. The average molecular weight is 179 g/mol. The van der Waals surface area contributed by atoms with E-state index in [1.807, 2.05) is 0 Å². The molecule has 2 heterocycles. The lowest BCUT2D eigenvalue weighted by Crippen LogP contribution is -2.14. The number of aryl methyl sites for hydroxylation is 1. The molecule has 0 spiro atoms. The molecule has 0 saturated carbocycles. The fraction of sp³-hybridized carbons (Fsp3) is 0.800. The third-order valence-electron chi connectivity index (χ3n) is 2.94. The molecule has 0 amide bonds. The minimum absolute atomic E-state index is 0.555. The second-order valence-electron chi connectivity index (χ2n) is 3.89. The van der Waals surface area contributed by atoms with E-state index in [4.69, 9.17) is 0 Å². The Morgan fingerprint density at radius 2 is 2.23 bits per heavy atom. The summed E-state index contributed by atoms with van der Waals surface area (Å²) in [6, 6.07) is 0. The maximum Gasteiger partial charge on any atom is 0.135 e. The van der Waals surface area contributed by atoms with Crippen LogP contribution in [0.15, 0.2) is 0 Å². The zero-order valence-electron chi connectivity index (χ0n) is 8.45. The first-order valence-electron chi connectivity index (χ1n) is 5.25. The van der Waals surface area contributed by atoms with Crippen LogP contribution in [0.4, 0.5) is 0 Å². The fourth-order valence-electron chi connectivity index (χ4n) is 1.88. The lowest BCUT2D eigenvalue weighted by atomic mass is 10.1. The van der Waals surface area contributed by atoms with Crippen molar-refractivity contribution in [1.29, 1.82) is 0 Å². The van der Waals surface area contributed by atoms with E-state index in [1.54, 1.807) is 0 Å². The lowest BCUT2D eigenvalue weighted by molar-refractivity contribution is 0.491. The summed E-state index contributed by atoms with van der Waals surface area (Å²) in [7, 11) is 0. The van der Waals surface area contributed by atoms with Crippen LogP contribution in [0, 0.1) is 0 Å². The summed E-state index contributed by atoms with van der Waals surface area (Å²) >= 11 is 0. The first-order chi connectivity index (χ1) is 6.33. The second-order valence-corrected chi connectivity index (χ2v) is 3.89. The molecule has 0 saturated heterocycles. The van der Waals surface area contributed by atoms with Crippen molar-refractivity contribution in [2.24, 2.45) is 0 Å². The van der Waals surface area contributed by atoms with Gasteiger partial charge in [0, 0.05) is 18.9 Å². The maximum atomic E-state index is 4.28. The summed E-state index contributed by atoms with van der Waals surface area (Å²) in [5.41, 5.74) is 0. The summed E-state index contributed by atoms with van der Waals surface area (Å²) in [5, 5.41) is 8.52. The third-order valence-corrected chi connectivity index (χ3v) is 2.94. The molecular formula is C10H17N3. The molecule has 3 heteroatoms. The van der Waals surface area contributed by atoms with Gasteiger partial charge in [0.25, 0.3) is 0 Å². The molecule has 2 rings (SSSR count). The van der Waals surface area contributed by atoms with Gasteiger partial charge in [-0.3, -0.25) is 0 Å². The van der Waals surface area contributed by atoms with Crippen molar-refractivity contribution >= 4 is 0 Å². The van der Waals surface area contributed by atoms with E-state index in [0.717, 1.165) is 19.4 Å². The smallest absolute Gasteiger partial charge is 0.135 e. The lowest BCUT2D eigenvalue weighted by Gasteiger charge is -2.16. The molecule has 13 heavy (non-hydrogen) atoms. The van der Waals surface area contributed by atoms with Crippen molar-refractivity contribution in [3.63, 3.8) is 0 Å². The van der Waals surface area contributed by atoms with Gasteiger partial charge in [0.05, 0.1) is 0 Å². The molecule has 0 bridgehead atoms. The monoisotopic (exact) mass is 179 g/mol. The van der Waals surface area contributed by atoms with Crippen LogP contribution in [0.25, 0.3) is 0 Å². The Morgan fingerprint density at radius 1 is 1.38 bits per heavy atom. The first-order valence-corrected chi connectivity index (χ1v) is 5.25. The molecule has 0 fully saturated rings. The Kier molecular flexibility index (Phi) is 2.34. The van der Waals surface area contributed by atoms with Crippen molar-refractivity contribution in [1.82, 2.24) is 14.8 Å². The highest BCUT2D eigenvalue weighted by atomic mass is 15.3. The summed E-state index contributed by atoms with van der Waals surface area (Å²) < 4.78 is 2.32. The molecule has 0 N–H and O–H groups in total. The predicted octanol–water partition coefficient (Wildman–Crippen LogP) is 2.13. The average Bonchev–Trinajstić information content (AvgIpc) is 2.60. The normalized spacial score (nSPS) is 18.3. The van der Waals surface area contributed by atoms with E-state index in [9.17, 15) is 0 Å². The van der Waals surface area contributed by atoms with Gasteiger partial charge in [-0.1, -0.05) is 13.8 Å². The third kappa shape index (κ3) is 1.47. The second kappa shape index (κ2) is 3.48. The SMILES string of the molecule is CCC(C)c1nnc2n1CCCC2. The van der Waals surface area contributed by atoms with Gasteiger partial charge < -0.3 is 4.57 Å². The number of hydrogen-bond acceptors (Lipinski definition) is 2. The Morgan fingerprint density at radius 3 is 3.00 bits per heavy atom. The van der Waals surface area contributed by atoms with Crippen LogP contribution in [-0.2, 0) is 13.0 Å². The highest BCUT2D eigenvalue weighted by Gasteiger charge is 2.18. The predicted molar refractivity (Wildman–Crippen MR) is 51.7 cm³/mol. The zero-order chi connectivity index (χ0) is 9.26. The van der Waals surface area contributed by atoms with E-state index in [-0.39, 0.29) is 0 Å². The molecule has 0 aliphatic carbocycles. The number of aromatic nitrogens is 3. The van der Waals surface area contributed by atoms with Gasteiger partial charge >= 0.3 is 0 Å². The fourth-order valence-corrected chi connectivity index (χ4v) is 1.88. The molecule has 3 nitrogen and oxygen atoms in total. The molecular weight excluding hydrogens is 162 g/mol. The molecule has 72 valence electrons. The van der Waals surface area contributed by atoms with Crippen LogP contribution in [0.2, 0.25) is 0 Å². The van der Waals surface area contributed by atoms with Crippen LogP contribution in [0.3, 0.4) is 0 Å². The Labute approximate surface area is 79.2 Å². The topological polar surface area (TPSA) is 30.7 Å². The molecule has 1 atom stereocenters. The van der Waals surface area contributed by atoms with Crippen LogP contribution < -0.4 is 0 Å². The van der Waals surface area contributed by atoms with E-state index < -0.39 is 0 Å². The quantitative estimate of drug-likeness (QED) is 0.696. The van der Waals surface area contributed by atoms with Gasteiger partial charge in [-0.15, -0.1) is 10.2 Å². The summed E-state index contributed by atoms with van der Waals surface area (Å²) in [6.07, 6.45) is 4.83. The maximum absolute atomic E-state index is 4.28. The standard InChI is InChI=1S/C10H17N3/c1-3-8(2)10-12-11-9-6-4-5-7-13(9)10/h8H,3-7H2,1-2H3. The molecule has 1 unspecified atom stereocenters. The van der Waals surface area contributed by atoms with Crippen molar-refractivity contribution in [2.75, 3.05) is 0 Å². The largest absolute Gasteiger partial charge is 0.315 e. The first kappa shape index (κ1) is 8.73. The van der Waals surface area contributed by atoms with Gasteiger partial charge in [-0.2, -0.15) is 0 Å². The molecule has 1 aliphatic heterocycles. The minimum atomic E-state index is 0.555. The van der Waals surface area contributed by atoms with Gasteiger partial charge in [-0.25, -0.2) is 0 Å². The van der Waals surface area contributed by atoms with E-state index in [0.29, 0.717) is 5.92 Å². The van der Waals surface area contributed by atoms with Crippen molar-refractivity contribution in [3.05, 3.63) is 11.6 Å². The van der Waals surface area contributed by atoms with E-state index in [2.05, 4.69) is 28.6 Å². The van der Waals surface area contributed by atoms with Gasteiger partial charge in [-0.05, 0) is 19.3 Å².